The number of hydrogen-bond acceptors (Lipinski definition) is 10. The van der Waals surface area contributed by atoms with Gasteiger partial charge in [0.1, 0.15) is 28.9 Å². The molecule has 1 heterocycles. The standard InChI is InChI=1S/C61H65N3O9/c1-5-35-70-61-56(63(40-46-20-14-19-43-16-8-9-21-50(43)46)57(67)32-25-41-23-27-47(28-24-41)64(68)69)39-54(62-73-60(2,3)4)52-37-45(18-10-12-33-65)51(22-11-13-34-66)58(59(52)61)53-38-49(30-31-55(53)72-61)71-48-29-26-42-15-6-7-17-44(42)36-48/h5-9,14-17,19-21,23-32,36-38,45,51,56,58-59,65-66H,1,10-13,18,22,33-35,39-40H2,2-4H3/t45-,51+,56-,58+,59+,61+/m0/s1. The lowest BCUT2D eigenvalue weighted by atomic mass is 9.55. The molecule has 6 aromatic rings. The summed E-state index contributed by atoms with van der Waals surface area (Å²) in [4.78, 5) is 34.8. The third-order valence-electron chi connectivity index (χ3n) is 14.4. The Bertz CT molecular complexity index is 3040. The third kappa shape index (κ3) is 11.1. The number of carbonyl (C=O) groups excluding carboxylic acids is 1. The highest BCUT2D eigenvalue weighted by atomic mass is 16.7. The predicted molar refractivity (Wildman–Crippen MR) is 286 cm³/mol. The molecule has 1 aliphatic heterocycles. The highest BCUT2D eigenvalue weighted by molar-refractivity contribution is 6.03. The van der Waals surface area contributed by atoms with Crippen LogP contribution in [-0.4, -0.2) is 68.9 Å². The Morgan fingerprint density at radius 2 is 1.56 bits per heavy atom. The maximum Gasteiger partial charge on any atom is 0.269 e. The monoisotopic (exact) mass is 983 g/mol. The maximum absolute atomic E-state index is 15.5. The van der Waals surface area contributed by atoms with Crippen molar-refractivity contribution in [3.63, 3.8) is 0 Å². The number of oxime groups is 1. The molecule has 12 nitrogen and oxygen atoms in total. The normalized spacial score (nSPS) is 21.8. The van der Waals surface area contributed by atoms with Crippen LogP contribution in [0.15, 0.2) is 163 Å². The minimum atomic E-state index is -1.52. The number of nitrogens with zero attached hydrogens (tertiary/aromatic N) is 3. The Kier molecular flexibility index (Phi) is 15.5. The summed E-state index contributed by atoms with van der Waals surface area (Å²) in [5.41, 5.74) is 3.37. The summed E-state index contributed by atoms with van der Waals surface area (Å²) in [6, 6.07) is 39.7. The van der Waals surface area contributed by atoms with Crippen molar-refractivity contribution in [2.45, 2.75) is 95.6 Å². The van der Waals surface area contributed by atoms with Crippen LogP contribution in [0.4, 0.5) is 5.69 Å². The van der Waals surface area contributed by atoms with E-state index in [1.54, 1.807) is 24.3 Å². The van der Waals surface area contributed by atoms with E-state index in [1.807, 2.05) is 86.3 Å². The molecule has 2 N–H and O–H groups in total. The summed E-state index contributed by atoms with van der Waals surface area (Å²) in [5, 5.41) is 41.0. The number of hydrogen-bond donors (Lipinski definition) is 2. The number of non-ortho nitro benzene ring substituents is 1. The molecule has 73 heavy (non-hydrogen) atoms. The maximum atomic E-state index is 15.5. The summed E-state index contributed by atoms with van der Waals surface area (Å²) >= 11 is 0. The van der Waals surface area contributed by atoms with Gasteiger partial charge in [-0.05, 0) is 145 Å². The molecular formula is C61H65N3O9. The number of aliphatic hydroxyl groups excluding tert-OH is 2. The molecule has 1 fully saturated rings. The van der Waals surface area contributed by atoms with E-state index in [0.717, 1.165) is 63.9 Å². The number of nitro benzene ring substituents is 1. The molecule has 0 aromatic heterocycles. The molecule has 0 bridgehead atoms. The number of ether oxygens (including phenoxy) is 3. The summed E-state index contributed by atoms with van der Waals surface area (Å²) in [7, 11) is 0. The largest absolute Gasteiger partial charge is 0.459 e. The number of nitro groups is 1. The Hall–Kier alpha value is -7.12. The minimum absolute atomic E-state index is 0.00273. The van der Waals surface area contributed by atoms with Crippen LogP contribution in [0.1, 0.15) is 88.3 Å². The van der Waals surface area contributed by atoms with Crippen molar-refractivity contribution in [1.29, 1.82) is 0 Å². The zero-order valence-electron chi connectivity index (χ0n) is 41.9. The van der Waals surface area contributed by atoms with Gasteiger partial charge in [-0.15, -0.1) is 6.58 Å². The van der Waals surface area contributed by atoms with Crippen LogP contribution >= 0.6 is 0 Å². The SMILES string of the molecule is C=CCO[C@@]12Oc3ccc(Oc4ccc5ccccc5c4)cc3[C@H]3[C@H](CCCCO)[C@@H](CCCCO)C=C(C(=NOC(C)(C)C)C[C@@H]1N(Cc1cccc4ccccc14)C(=O)C=Cc1ccc([N+](=O)[O-])cc1)[C@H]32. The number of unbranched alkanes of at least 4 members (excludes halogenated alkanes) is 2. The van der Waals surface area contributed by atoms with Crippen molar-refractivity contribution in [2.24, 2.45) is 22.9 Å². The predicted octanol–water partition coefficient (Wildman–Crippen LogP) is 12.9. The fourth-order valence-corrected chi connectivity index (χ4v) is 11.2. The molecule has 2 aliphatic carbocycles. The fraction of sp³-hybridized carbons (Fsp3) is 0.344. The molecular weight excluding hydrogens is 919 g/mol. The summed E-state index contributed by atoms with van der Waals surface area (Å²) in [6.45, 7) is 10.4. The molecule has 0 unspecified atom stereocenters. The second-order valence-corrected chi connectivity index (χ2v) is 20.4. The molecule has 0 radical (unpaired) electrons. The molecule has 9 rings (SSSR count). The Morgan fingerprint density at radius 1 is 0.863 bits per heavy atom. The molecule has 3 aliphatic rings. The van der Waals surface area contributed by atoms with Crippen molar-refractivity contribution in [1.82, 2.24) is 4.90 Å². The minimum Gasteiger partial charge on any atom is -0.459 e. The van der Waals surface area contributed by atoms with E-state index in [9.17, 15) is 20.3 Å². The molecule has 12 heteroatoms. The first kappa shape index (κ1) is 50.8. The zero-order valence-corrected chi connectivity index (χ0v) is 41.9. The first-order chi connectivity index (χ1) is 35.4. The Labute approximate surface area is 427 Å². The van der Waals surface area contributed by atoms with Crippen LogP contribution in [0.25, 0.3) is 27.6 Å². The number of fused-ring (bicyclic) bond motifs is 4. The molecule has 6 aromatic carbocycles. The van der Waals surface area contributed by atoms with Crippen molar-refractivity contribution < 1.29 is 39.0 Å². The van der Waals surface area contributed by atoms with Crippen molar-refractivity contribution in [3.8, 4) is 17.2 Å². The first-order valence-corrected chi connectivity index (χ1v) is 25.5. The molecule has 0 saturated heterocycles. The van der Waals surface area contributed by atoms with Crippen molar-refractivity contribution in [3.05, 3.63) is 185 Å². The quantitative estimate of drug-likeness (QED) is 0.0250. The van der Waals surface area contributed by atoms with Crippen LogP contribution < -0.4 is 9.47 Å². The average molecular weight is 984 g/mol. The van der Waals surface area contributed by atoms with Crippen LogP contribution in [-0.2, 0) is 20.9 Å². The Morgan fingerprint density at radius 3 is 2.30 bits per heavy atom. The number of rotatable bonds is 20. The van der Waals surface area contributed by atoms with Gasteiger partial charge in [-0.3, -0.25) is 14.9 Å². The summed E-state index contributed by atoms with van der Waals surface area (Å²) < 4.78 is 21.6. The van der Waals surface area contributed by atoms with E-state index in [0.29, 0.717) is 41.4 Å². The van der Waals surface area contributed by atoms with E-state index in [2.05, 4.69) is 55.1 Å². The van der Waals surface area contributed by atoms with Gasteiger partial charge >= 0.3 is 0 Å². The second kappa shape index (κ2) is 22.3. The zero-order chi connectivity index (χ0) is 51.1. The number of aliphatic hydroxyl groups is 2. The van der Waals surface area contributed by atoms with Crippen molar-refractivity contribution in [2.75, 3.05) is 19.8 Å². The van der Waals surface area contributed by atoms with E-state index in [1.165, 1.54) is 18.2 Å². The van der Waals surface area contributed by atoms with Crippen LogP contribution in [0.5, 0.6) is 17.2 Å². The van der Waals surface area contributed by atoms with Gasteiger partial charge in [-0.25, -0.2) is 0 Å². The number of carbonyl (C=O) groups is 1. The molecule has 6 atom stereocenters. The van der Waals surface area contributed by atoms with Gasteiger partial charge in [0.2, 0.25) is 11.7 Å². The molecule has 1 saturated carbocycles. The van der Waals surface area contributed by atoms with Gasteiger partial charge in [-0.2, -0.15) is 0 Å². The molecule has 378 valence electrons. The number of benzene rings is 6. The summed E-state index contributed by atoms with van der Waals surface area (Å²) in [6.07, 6.45) is 11.9. The van der Waals surface area contributed by atoms with Gasteiger partial charge in [-0.1, -0.05) is 103 Å². The van der Waals surface area contributed by atoms with Crippen LogP contribution in [0, 0.1) is 27.9 Å². The lowest BCUT2D eigenvalue weighted by molar-refractivity contribution is -0.384. The van der Waals surface area contributed by atoms with Crippen LogP contribution in [0.2, 0.25) is 0 Å². The average Bonchev–Trinajstić information content (AvgIpc) is 3.39. The van der Waals surface area contributed by atoms with Crippen LogP contribution in [0.3, 0.4) is 0 Å². The highest BCUT2D eigenvalue weighted by Crippen LogP contribution is 2.62. The number of allylic oxidation sites excluding steroid dienone is 1. The Balaban J connectivity index is 1.26. The lowest BCUT2D eigenvalue weighted by Gasteiger charge is -2.60. The van der Waals surface area contributed by atoms with Gasteiger partial charge in [0, 0.05) is 55.9 Å². The van der Waals surface area contributed by atoms with E-state index < -0.39 is 28.3 Å². The van der Waals surface area contributed by atoms with Gasteiger partial charge in [0.05, 0.1) is 23.2 Å². The van der Waals surface area contributed by atoms with Gasteiger partial charge in [0.15, 0.2) is 0 Å². The third-order valence-corrected chi connectivity index (χ3v) is 14.4. The number of amides is 1. The van der Waals surface area contributed by atoms with E-state index in [4.69, 9.17) is 24.2 Å². The topological polar surface area (TPSA) is 153 Å². The lowest BCUT2D eigenvalue weighted by Crippen LogP contribution is -2.70. The second-order valence-electron chi connectivity index (χ2n) is 20.4. The summed E-state index contributed by atoms with van der Waals surface area (Å²) in [5.74, 6) is -0.711. The smallest absolute Gasteiger partial charge is 0.269 e. The molecule has 1 amide bonds. The molecule has 0 spiro atoms. The van der Waals surface area contributed by atoms with E-state index >= 15 is 4.79 Å². The highest BCUT2D eigenvalue weighted by Gasteiger charge is 2.65. The van der Waals surface area contributed by atoms with Gasteiger partial charge < -0.3 is 34.2 Å². The van der Waals surface area contributed by atoms with Gasteiger partial charge in [0.25, 0.3) is 5.69 Å². The van der Waals surface area contributed by atoms with E-state index in [-0.39, 0.29) is 62.1 Å². The van der Waals surface area contributed by atoms with Crippen molar-refractivity contribution >= 4 is 44.9 Å². The first-order valence-electron chi connectivity index (χ1n) is 25.5. The fourth-order valence-electron chi connectivity index (χ4n) is 11.2.